The highest BCUT2D eigenvalue weighted by Gasteiger charge is 2.17. The largest absolute Gasteiger partial charge is 0.370 e. The second-order valence-electron chi connectivity index (χ2n) is 6.25. The Labute approximate surface area is 160 Å². The molecule has 2 N–H and O–H groups in total. The number of aryl methyl sites for hydroxylation is 1. The second-order valence-corrected chi connectivity index (χ2v) is 6.25. The van der Waals surface area contributed by atoms with Crippen LogP contribution in [0.25, 0.3) is 10.9 Å². The molecule has 8 heteroatoms. The summed E-state index contributed by atoms with van der Waals surface area (Å²) in [6, 6.07) is 12.3. The van der Waals surface area contributed by atoms with Gasteiger partial charge in [0.1, 0.15) is 5.82 Å². The number of primary amides is 1. The summed E-state index contributed by atoms with van der Waals surface area (Å²) >= 11 is 0. The Morgan fingerprint density at radius 1 is 1.07 bits per heavy atom. The Kier molecular flexibility index (Phi) is 5.78. The van der Waals surface area contributed by atoms with Gasteiger partial charge < -0.3 is 10.6 Å². The summed E-state index contributed by atoms with van der Waals surface area (Å²) in [7, 11) is 0. The van der Waals surface area contributed by atoms with Gasteiger partial charge in [-0.1, -0.05) is 12.1 Å². The molecule has 0 unspecified atom stereocenters. The van der Waals surface area contributed by atoms with E-state index in [1.54, 1.807) is 24.3 Å². The fourth-order valence-corrected chi connectivity index (χ4v) is 2.86. The molecule has 7 nitrogen and oxygen atoms in total. The minimum atomic E-state index is -0.546. The molecule has 1 aromatic heterocycles. The van der Waals surface area contributed by atoms with Gasteiger partial charge in [0.25, 0.3) is 5.56 Å². The number of anilines is 1. The number of carbonyl (C=O) groups excluding carboxylic acids is 2. The summed E-state index contributed by atoms with van der Waals surface area (Å²) in [5.41, 5.74) is 6.00. The average Bonchev–Trinajstić information content (AvgIpc) is 2.69. The predicted octanol–water partition coefficient (Wildman–Crippen LogP) is 1.83. The molecule has 0 fully saturated rings. The zero-order chi connectivity index (χ0) is 20.1. The van der Waals surface area contributed by atoms with E-state index in [1.807, 2.05) is 0 Å². The lowest BCUT2D eigenvalue weighted by Gasteiger charge is -2.22. The van der Waals surface area contributed by atoms with Gasteiger partial charge in [0.05, 0.1) is 17.2 Å². The Morgan fingerprint density at radius 2 is 1.79 bits per heavy atom. The first-order valence-electron chi connectivity index (χ1n) is 8.74. The second kappa shape index (κ2) is 8.43. The number of hydrogen-bond acceptors (Lipinski definition) is 4. The molecule has 0 spiro atoms. The number of rotatable bonds is 7. The molecular weight excluding hydrogens is 363 g/mol. The lowest BCUT2D eigenvalue weighted by molar-refractivity contribution is -0.119. The van der Waals surface area contributed by atoms with E-state index in [2.05, 4.69) is 4.98 Å². The van der Waals surface area contributed by atoms with Gasteiger partial charge >= 0.3 is 0 Å². The monoisotopic (exact) mass is 382 g/mol. The molecule has 2 aromatic carbocycles. The highest BCUT2D eigenvalue weighted by atomic mass is 19.1. The van der Waals surface area contributed by atoms with Crippen LogP contribution < -0.4 is 16.2 Å². The van der Waals surface area contributed by atoms with Crippen LogP contribution in [0.1, 0.15) is 12.8 Å². The molecule has 28 heavy (non-hydrogen) atoms. The van der Waals surface area contributed by atoms with Crippen LogP contribution in [-0.4, -0.2) is 27.9 Å². The lowest BCUT2D eigenvalue weighted by Crippen LogP contribution is -2.35. The maximum absolute atomic E-state index is 13.2. The lowest BCUT2D eigenvalue weighted by atomic mass is 10.2. The van der Waals surface area contributed by atoms with Gasteiger partial charge in [-0.05, 0) is 36.4 Å². The summed E-state index contributed by atoms with van der Waals surface area (Å²) in [6.45, 7) is 0.203. The first-order valence-corrected chi connectivity index (χ1v) is 8.74. The van der Waals surface area contributed by atoms with Crippen molar-refractivity contribution in [2.24, 2.45) is 5.73 Å². The van der Waals surface area contributed by atoms with E-state index in [-0.39, 0.29) is 37.4 Å². The third kappa shape index (κ3) is 4.40. The Bertz CT molecular complexity index is 1060. The SMILES string of the molecule is NC(=O)CCN(C(=O)CCn1cnc2ccccc2c1=O)c1ccc(F)cc1. The van der Waals surface area contributed by atoms with Crippen molar-refractivity contribution < 1.29 is 14.0 Å². The molecule has 0 bridgehead atoms. The minimum Gasteiger partial charge on any atom is -0.370 e. The first kappa shape index (κ1) is 19.2. The molecule has 0 saturated carbocycles. The van der Waals surface area contributed by atoms with E-state index >= 15 is 0 Å². The smallest absolute Gasteiger partial charge is 0.261 e. The summed E-state index contributed by atoms with van der Waals surface area (Å²) in [5.74, 6) is -1.29. The summed E-state index contributed by atoms with van der Waals surface area (Å²) in [5, 5.41) is 0.474. The van der Waals surface area contributed by atoms with E-state index < -0.39 is 11.7 Å². The molecule has 3 rings (SSSR count). The maximum atomic E-state index is 13.2. The van der Waals surface area contributed by atoms with Crippen molar-refractivity contribution in [3.05, 3.63) is 71.0 Å². The van der Waals surface area contributed by atoms with E-state index in [0.717, 1.165) is 0 Å². The van der Waals surface area contributed by atoms with Crippen molar-refractivity contribution in [2.75, 3.05) is 11.4 Å². The van der Waals surface area contributed by atoms with Crippen molar-refractivity contribution in [3.63, 3.8) is 0 Å². The average molecular weight is 382 g/mol. The van der Waals surface area contributed by atoms with E-state index in [1.165, 1.54) is 40.1 Å². The normalized spacial score (nSPS) is 10.8. The highest BCUT2D eigenvalue weighted by molar-refractivity contribution is 5.94. The molecular formula is C20H19FN4O3. The van der Waals surface area contributed by atoms with Gasteiger partial charge in [0, 0.05) is 31.6 Å². The molecule has 2 amide bonds. The Morgan fingerprint density at radius 3 is 2.50 bits per heavy atom. The quantitative estimate of drug-likeness (QED) is 0.674. The number of nitrogens with zero attached hydrogens (tertiary/aromatic N) is 3. The van der Waals surface area contributed by atoms with Crippen LogP contribution in [-0.2, 0) is 16.1 Å². The number of para-hydroxylation sites is 1. The van der Waals surface area contributed by atoms with Crippen molar-refractivity contribution in [2.45, 2.75) is 19.4 Å². The van der Waals surface area contributed by atoms with Gasteiger partial charge in [-0.2, -0.15) is 0 Å². The third-order valence-electron chi connectivity index (χ3n) is 4.32. The number of fused-ring (bicyclic) bond motifs is 1. The van der Waals surface area contributed by atoms with Crippen molar-refractivity contribution in [1.82, 2.24) is 9.55 Å². The molecule has 0 aliphatic carbocycles. The molecule has 0 saturated heterocycles. The fourth-order valence-electron chi connectivity index (χ4n) is 2.86. The van der Waals surface area contributed by atoms with Crippen LogP contribution in [0.3, 0.4) is 0 Å². The number of hydrogen-bond donors (Lipinski definition) is 1. The summed E-state index contributed by atoms with van der Waals surface area (Å²) < 4.78 is 14.6. The summed E-state index contributed by atoms with van der Waals surface area (Å²) in [4.78, 5) is 42.0. The standard InChI is InChI=1S/C20H19FN4O3/c21-14-5-7-15(8-6-14)25(12-9-18(22)26)19(27)10-11-24-13-23-17-4-2-1-3-16(17)20(24)28/h1-8,13H,9-12H2,(H2,22,26). The minimum absolute atomic E-state index is 0.00999. The molecule has 0 radical (unpaired) electrons. The van der Waals surface area contributed by atoms with Gasteiger partial charge in [-0.15, -0.1) is 0 Å². The first-order chi connectivity index (χ1) is 13.5. The van der Waals surface area contributed by atoms with Gasteiger partial charge in [0.15, 0.2) is 0 Å². The van der Waals surface area contributed by atoms with E-state index in [0.29, 0.717) is 16.6 Å². The molecule has 0 aliphatic heterocycles. The van der Waals surface area contributed by atoms with Crippen molar-refractivity contribution >= 4 is 28.4 Å². The van der Waals surface area contributed by atoms with Crippen LogP contribution >= 0.6 is 0 Å². The van der Waals surface area contributed by atoms with Gasteiger partial charge in [0.2, 0.25) is 11.8 Å². The Balaban J connectivity index is 1.78. The predicted molar refractivity (Wildman–Crippen MR) is 103 cm³/mol. The topological polar surface area (TPSA) is 98.3 Å². The fraction of sp³-hybridized carbons (Fsp3) is 0.200. The molecule has 0 aliphatic rings. The third-order valence-corrected chi connectivity index (χ3v) is 4.32. The summed E-state index contributed by atoms with van der Waals surface area (Å²) in [6.07, 6.45) is 1.39. The maximum Gasteiger partial charge on any atom is 0.261 e. The number of amides is 2. The van der Waals surface area contributed by atoms with Crippen LogP contribution in [0.2, 0.25) is 0 Å². The zero-order valence-corrected chi connectivity index (χ0v) is 15.0. The molecule has 1 heterocycles. The number of carbonyl (C=O) groups is 2. The van der Waals surface area contributed by atoms with E-state index in [9.17, 15) is 18.8 Å². The number of nitrogens with two attached hydrogens (primary N) is 1. The van der Waals surface area contributed by atoms with Gasteiger partial charge in [-0.25, -0.2) is 9.37 Å². The highest BCUT2D eigenvalue weighted by Crippen LogP contribution is 2.17. The Hall–Kier alpha value is -3.55. The number of aromatic nitrogens is 2. The molecule has 3 aromatic rings. The van der Waals surface area contributed by atoms with Crippen LogP contribution in [0.4, 0.5) is 10.1 Å². The van der Waals surface area contributed by atoms with Crippen LogP contribution in [0.5, 0.6) is 0 Å². The van der Waals surface area contributed by atoms with Gasteiger partial charge in [-0.3, -0.25) is 19.0 Å². The molecule has 0 atom stereocenters. The zero-order valence-electron chi connectivity index (χ0n) is 15.0. The molecule has 144 valence electrons. The van der Waals surface area contributed by atoms with Crippen molar-refractivity contribution in [3.8, 4) is 0 Å². The number of halogens is 1. The van der Waals surface area contributed by atoms with Crippen LogP contribution in [0.15, 0.2) is 59.7 Å². The van der Waals surface area contributed by atoms with Crippen LogP contribution in [0, 0.1) is 5.82 Å². The van der Waals surface area contributed by atoms with E-state index in [4.69, 9.17) is 5.73 Å². The number of benzene rings is 2. The van der Waals surface area contributed by atoms with Crippen molar-refractivity contribution in [1.29, 1.82) is 0 Å².